The predicted molar refractivity (Wildman–Crippen MR) is 32.2 cm³/mol. The van der Waals surface area contributed by atoms with Crippen molar-refractivity contribution >= 4 is 11.8 Å². The maximum absolute atomic E-state index is 10.5. The summed E-state index contributed by atoms with van der Waals surface area (Å²) in [6.45, 7) is 1.85. The van der Waals surface area contributed by atoms with Gasteiger partial charge in [-0.2, -0.15) is 0 Å². The van der Waals surface area contributed by atoms with E-state index < -0.39 is 5.97 Å². The molecule has 10 heavy (non-hydrogen) atoms. The van der Waals surface area contributed by atoms with Crippen LogP contribution >= 0.6 is 0 Å². The molecule has 0 fully saturated rings. The summed E-state index contributed by atoms with van der Waals surface area (Å²) in [5.41, 5.74) is 0. The fourth-order valence-electron chi connectivity index (χ4n) is 0.536. The fourth-order valence-corrected chi connectivity index (χ4v) is 0.536. The number of ketones is 1. The van der Waals surface area contributed by atoms with E-state index >= 15 is 0 Å². The molecule has 0 aromatic carbocycles. The van der Waals surface area contributed by atoms with Crippen LogP contribution in [0.4, 0.5) is 0 Å². The largest absolute Gasteiger partial charge is 0.481 e. The first-order valence-corrected chi connectivity index (χ1v) is 2.90. The minimum atomic E-state index is -1.03. The molecule has 3 nitrogen and oxygen atoms in total. The molecule has 0 rings (SSSR count). The molecule has 62 valence electrons. The maximum atomic E-state index is 10.5. The number of carbonyl (C=O) groups excluding carboxylic acids is 1. The molecule has 0 aromatic heterocycles. The summed E-state index contributed by atoms with van der Waals surface area (Å²) in [5, 5.41) is 8.09. The van der Waals surface area contributed by atoms with Crippen LogP contribution in [0.5, 0.6) is 0 Å². The third-order valence-corrected chi connectivity index (χ3v) is 0.877. The molecule has 1 N–H and O–H groups in total. The van der Waals surface area contributed by atoms with Gasteiger partial charge in [0.1, 0.15) is 12.2 Å². The van der Waals surface area contributed by atoms with Gasteiger partial charge in [-0.15, -0.1) is 0 Å². The van der Waals surface area contributed by atoms with Crippen molar-refractivity contribution < 1.29 is 31.2 Å². The van der Waals surface area contributed by atoms with Crippen LogP contribution in [0.15, 0.2) is 0 Å². The molecule has 0 bridgehead atoms. The monoisotopic (exact) mass is 188 g/mol. The number of hydrogen-bond acceptors (Lipinski definition) is 2. The van der Waals surface area contributed by atoms with Crippen molar-refractivity contribution in [2.45, 2.75) is 26.2 Å². The van der Waals surface area contributed by atoms with Gasteiger partial charge in [0.2, 0.25) is 0 Å². The van der Waals surface area contributed by atoms with Gasteiger partial charge in [-0.1, -0.05) is 6.92 Å². The summed E-state index contributed by atoms with van der Waals surface area (Å²) in [4.78, 5) is 20.3. The van der Waals surface area contributed by atoms with Gasteiger partial charge in [-0.3, -0.25) is 9.59 Å². The second-order valence-electron chi connectivity index (χ2n) is 1.86. The van der Waals surface area contributed by atoms with Crippen LogP contribution in [-0.2, 0) is 26.1 Å². The number of carbonyl (C=O) groups is 2. The van der Waals surface area contributed by atoms with Crippen LogP contribution < -0.4 is 0 Å². The van der Waals surface area contributed by atoms with Crippen LogP contribution in [0.2, 0.25) is 0 Å². The van der Waals surface area contributed by atoms with Gasteiger partial charge in [-0.25, -0.2) is 0 Å². The number of carboxylic acids is 1. The number of carboxylic acid groups (broad SMARTS) is 1. The van der Waals surface area contributed by atoms with Gasteiger partial charge >= 0.3 is 5.97 Å². The van der Waals surface area contributed by atoms with E-state index in [4.69, 9.17) is 5.11 Å². The van der Waals surface area contributed by atoms with E-state index in [-0.39, 0.29) is 28.7 Å². The molecule has 0 atom stereocenters. The molecule has 0 saturated heterocycles. The quantitative estimate of drug-likeness (QED) is 0.526. The predicted octanol–water partition coefficient (Wildman–Crippen LogP) is 0.828. The second kappa shape index (κ2) is 6.75. The molecule has 0 aliphatic heterocycles. The Morgan fingerprint density at radius 3 is 2.20 bits per heavy atom. The Balaban J connectivity index is 0. The van der Waals surface area contributed by atoms with Gasteiger partial charge in [0.15, 0.2) is 0 Å². The molecule has 0 spiro atoms. The number of rotatable bonds is 4. The SMILES string of the molecule is CCCC(=O)CC(=O)O.[Ni]. The summed E-state index contributed by atoms with van der Waals surface area (Å²) in [6.07, 6.45) is 0.784. The minimum Gasteiger partial charge on any atom is -0.481 e. The third-order valence-electron chi connectivity index (χ3n) is 0.877. The average molecular weight is 189 g/mol. The Morgan fingerprint density at radius 1 is 1.40 bits per heavy atom. The Labute approximate surface area is 69.7 Å². The second-order valence-corrected chi connectivity index (χ2v) is 1.86. The van der Waals surface area contributed by atoms with Crippen molar-refractivity contribution in [3.8, 4) is 0 Å². The topological polar surface area (TPSA) is 54.4 Å². The van der Waals surface area contributed by atoms with Gasteiger partial charge < -0.3 is 5.11 Å². The molecule has 0 radical (unpaired) electrons. The first-order chi connectivity index (χ1) is 4.16. The standard InChI is InChI=1S/C6H10O3.Ni/c1-2-3-5(7)4-6(8)9;/h2-4H2,1H3,(H,8,9);. The van der Waals surface area contributed by atoms with Gasteiger partial charge in [-0.05, 0) is 6.42 Å². The zero-order valence-corrected chi connectivity index (χ0v) is 6.69. The van der Waals surface area contributed by atoms with Crippen molar-refractivity contribution in [1.82, 2.24) is 0 Å². The van der Waals surface area contributed by atoms with E-state index in [0.717, 1.165) is 6.42 Å². The van der Waals surface area contributed by atoms with Crippen molar-refractivity contribution in [3.05, 3.63) is 0 Å². The molecule has 0 saturated carbocycles. The van der Waals surface area contributed by atoms with Crippen LogP contribution in [0.1, 0.15) is 26.2 Å². The molecule has 0 amide bonds. The number of Topliss-reactive ketones (excluding diaryl/α,β-unsaturated/α-hetero) is 1. The number of hydrogen-bond donors (Lipinski definition) is 1. The molecule has 0 unspecified atom stereocenters. The van der Waals surface area contributed by atoms with E-state index in [1.165, 1.54) is 0 Å². The van der Waals surface area contributed by atoms with Gasteiger partial charge in [0.05, 0.1) is 0 Å². The average Bonchev–Trinajstić information content (AvgIpc) is 1.63. The van der Waals surface area contributed by atoms with Gasteiger partial charge in [0, 0.05) is 22.9 Å². The summed E-state index contributed by atoms with van der Waals surface area (Å²) in [7, 11) is 0. The minimum absolute atomic E-state index is 0. The molecule has 0 aliphatic carbocycles. The van der Waals surface area contributed by atoms with Crippen molar-refractivity contribution in [2.24, 2.45) is 0 Å². The summed E-state index contributed by atoms with van der Waals surface area (Å²) >= 11 is 0. The summed E-state index contributed by atoms with van der Waals surface area (Å²) in [5.74, 6) is -1.22. The molecule has 0 aromatic rings. The number of aliphatic carboxylic acids is 1. The van der Waals surface area contributed by atoms with E-state index in [1.54, 1.807) is 0 Å². The Kier molecular flexibility index (Phi) is 8.32. The first kappa shape index (κ1) is 12.3. The molecule has 4 heteroatoms. The smallest absolute Gasteiger partial charge is 0.310 e. The van der Waals surface area contributed by atoms with Crippen molar-refractivity contribution in [3.63, 3.8) is 0 Å². The Bertz CT molecular complexity index is 122. The molecule has 0 aliphatic rings. The Hall–Kier alpha value is -0.366. The van der Waals surface area contributed by atoms with Crippen LogP contribution in [0.25, 0.3) is 0 Å². The van der Waals surface area contributed by atoms with E-state index in [0.29, 0.717) is 6.42 Å². The van der Waals surface area contributed by atoms with E-state index in [1.807, 2.05) is 6.92 Å². The molecular formula is C6H10NiO3. The molecule has 0 heterocycles. The Morgan fingerprint density at radius 2 is 1.90 bits per heavy atom. The van der Waals surface area contributed by atoms with Gasteiger partial charge in [0.25, 0.3) is 0 Å². The van der Waals surface area contributed by atoms with Crippen molar-refractivity contribution in [2.75, 3.05) is 0 Å². The molecular weight excluding hydrogens is 179 g/mol. The third kappa shape index (κ3) is 7.63. The first-order valence-electron chi connectivity index (χ1n) is 2.90. The van der Waals surface area contributed by atoms with E-state index in [2.05, 4.69) is 0 Å². The zero-order valence-electron chi connectivity index (χ0n) is 5.70. The van der Waals surface area contributed by atoms with Crippen LogP contribution in [-0.4, -0.2) is 16.9 Å². The summed E-state index contributed by atoms with van der Waals surface area (Å²) in [6, 6.07) is 0. The summed E-state index contributed by atoms with van der Waals surface area (Å²) < 4.78 is 0. The zero-order chi connectivity index (χ0) is 7.28. The van der Waals surface area contributed by atoms with Crippen molar-refractivity contribution in [1.29, 1.82) is 0 Å². The van der Waals surface area contributed by atoms with E-state index in [9.17, 15) is 9.59 Å². The fraction of sp³-hybridized carbons (Fsp3) is 0.667. The normalized spacial score (nSPS) is 8.10. The van der Waals surface area contributed by atoms with Crippen LogP contribution in [0.3, 0.4) is 0 Å². The van der Waals surface area contributed by atoms with Crippen LogP contribution in [0, 0.1) is 0 Å². The maximum Gasteiger partial charge on any atom is 0.310 e.